The first kappa shape index (κ1) is 15.4. The Balaban J connectivity index is 2.09. The third kappa shape index (κ3) is 4.01. The van der Waals surface area contributed by atoms with Crippen molar-refractivity contribution >= 4 is 17.5 Å². The summed E-state index contributed by atoms with van der Waals surface area (Å²) in [5.74, 6) is 0.594. The van der Waals surface area contributed by atoms with Gasteiger partial charge in [0.05, 0.1) is 4.92 Å². The molecule has 1 atom stereocenters. The topological polar surface area (TPSA) is 127 Å². The molecule has 1 saturated carbocycles. The molecule has 8 heteroatoms. The molecule has 116 valence electrons. The number of nitrogens with two attached hydrogens (primary N) is 1. The average molecular weight is 295 g/mol. The van der Waals surface area contributed by atoms with E-state index in [4.69, 9.17) is 5.73 Å². The number of nitro groups is 1. The lowest BCUT2D eigenvalue weighted by Crippen LogP contribution is -2.32. The number of anilines is 2. The zero-order chi connectivity index (χ0) is 15.2. The number of aromatic nitrogens is 2. The summed E-state index contributed by atoms with van der Waals surface area (Å²) in [6, 6.07) is 0.0659. The smallest absolute Gasteiger partial charge is 0.329 e. The molecule has 1 aromatic rings. The quantitative estimate of drug-likeness (QED) is 0.538. The minimum Gasteiger partial charge on any atom is -0.396 e. The van der Waals surface area contributed by atoms with E-state index in [1.807, 2.05) is 0 Å². The molecule has 1 aliphatic rings. The Morgan fingerprint density at radius 3 is 2.76 bits per heavy atom. The van der Waals surface area contributed by atoms with Crippen LogP contribution in [0.25, 0.3) is 0 Å². The van der Waals surface area contributed by atoms with Crippen LogP contribution in [0.2, 0.25) is 0 Å². The molecule has 2 rings (SSSR count). The van der Waals surface area contributed by atoms with Crippen LogP contribution in [0.1, 0.15) is 38.5 Å². The molecule has 0 aliphatic heterocycles. The van der Waals surface area contributed by atoms with Crippen LogP contribution >= 0.6 is 0 Å². The summed E-state index contributed by atoms with van der Waals surface area (Å²) in [5, 5.41) is 23.1. The second-order valence-corrected chi connectivity index (χ2v) is 5.38. The van der Waals surface area contributed by atoms with Crippen LogP contribution in [0.5, 0.6) is 0 Å². The summed E-state index contributed by atoms with van der Waals surface area (Å²) in [4.78, 5) is 18.0. The highest BCUT2D eigenvalue weighted by Gasteiger charge is 2.24. The molecule has 0 radical (unpaired) electrons. The van der Waals surface area contributed by atoms with Gasteiger partial charge in [0.2, 0.25) is 11.8 Å². The number of nitrogens with one attached hydrogen (secondary N) is 1. The Morgan fingerprint density at radius 2 is 2.19 bits per heavy atom. The van der Waals surface area contributed by atoms with Crippen molar-refractivity contribution in [2.45, 2.75) is 44.6 Å². The number of aliphatic hydroxyl groups is 1. The zero-order valence-electron chi connectivity index (χ0n) is 11.9. The summed E-state index contributed by atoms with van der Waals surface area (Å²) in [5.41, 5.74) is 5.27. The van der Waals surface area contributed by atoms with Crippen LogP contribution in [-0.2, 0) is 0 Å². The highest BCUT2D eigenvalue weighted by Crippen LogP contribution is 2.29. The molecule has 0 aromatic carbocycles. The Morgan fingerprint density at radius 1 is 1.48 bits per heavy atom. The van der Waals surface area contributed by atoms with E-state index in [0.717, 1.165) is 19.0 Å². The average Bonchev–Trinajstić information content (AvgIpc) is 2.47. The minimum atomic E-state index is -0.606. The molecule has 0 amide bonds. The first-order chi connectivity index (χ1) is 10.1. The maximum absolute atomic E-state index is 10.7. The number of hydrogen-bond donors (Lipinski definition) is 3. The van der Waals surface area contributed by atoms with Crippen LogP contribution in [0.4, 0.5) is 17.5 Å². The number of aliphatic hydroxyl groups excluding tert-OH is 1. The van der Waals surface area contributed by atoms with Crippen molar-refractivity contribution in [1.29, 1.82) is 0 Å². The maximum atomic E-state index is 10.7. The Kier molecular flexibility index (Phi) is 5.26. The van der Waals surface area contributed by atoms with Gasteiger partial charge in [0.15, 0.2) is 0 Å². The second-order valence-electron chi connectivity index (χ2n) is 5.38. The molecule has 1 aliphatic carbocycles. The first-order valence-electron chi connectivity index (χ1n) is 7.26. The number of nitrogens with zero attached hydrogens (tertiary/aromatic N) is 3. The largest absolute Gasteiger partial charge is 0.396 e. The van der Waals surface area contributed by atoms with E-state index in [1.165, 1.54) is 19.3 Å². The van der Waals surface area contributed by atoms with Crippen molar-refractivity contribution in [3.63, 3.8) is 0 Å². The SMILES string of the molecule is Nc1nc(NC(CCO)C2CCCCC2)ncc1[N+](=O)[O-]. The normalized spacial score (nSPS) is 17.4. The van der Waals surface area contributed by atoms with Crippen LogP contribution < -0.4 is 11.1 Å². The predicted octanol–water partition coefficient (Wildman–Crippen LogP) is 1.71. The van der Waals surface area contributed by atoms with Gasteiger partial charge in [-0.3, -0.25) is 10.1 Å². The Labute approximate surface area is 122 Å². The van der Waals surface area contributed by atoms with E-state index in [1.54, 1.807) is 0 Å². The molecule has 0 saturated heterocycles. The fourth-order valence-electron chi connectivity index (χ4n) is 2.87. The van der Waals surface area contributed by atoms with Crippen molar-refractivity contribution in [3.8, 4) is 0 Å². The summed E-state index contributed by atoms with van der Waals surface area (Å²) in [7, 11) is 0. The molecular formula is C13H21N5O3. The number of hydrogen-bond acceptors (Lipinski definition) is 7. The van der Waals surface area contributed by atoms with Crippen molar-refractivity contribution in [2.75, 3.05) is 17.7 Å². The van der Waals surface area contributed by atoms with Crippen molar-refractivity contribution in [1.82, 2.24) is 9.97 Å². The summed E-state index contributed by atoms with van der Waals surface area (Å²) in [6.07, 6.45) is 7.57. The van der Waals surface area contributed by atoms with E-state index in [2.05, 4.69) is 15.3 Å². The van der Waals surface area contributed by atoms with Crippen molar-refractivity contribution in [3.05, 3.63) is 16.3 Å². The fraction of sp³-hybridized carbons (Fsp3) is 0.692. The lowest BCUT2D eigenvalue weighted by atomic mass is 9.83. The van der Waals surface area contributed by atoms with E-state index < -0.39 is 4.92 Å². The van der Waals surface area contributed by atoms with Gasteiger partial charge in [-0.15, -0.1) is 0 Å². The monoisotopic (exact) mass is 295 g/mol. The minimum absolute atomic E-state index is 0.0659. The van der Waals surface area contributed by atoms with Crippen LogP contribution in [0.3, 0.4) is 0 Å². The molecule has 1 aromatic heterocycles. The molecule has 8 nitrogen and oxygen atoms in total. The molecule has 4 N–H and O–H groups in total. The van der Waals surface area contributed by atoms with Crippen molar-refractivity contribution in [2.24, 2.45) is 5.92 Å². The van der Waals surface area contributed by atoms with Crippen LogP contribution in [0, 0.1) is 16.0 Å². The third-order valence-electron chi connectivity index (χ3n) is 3.97. The van der Waals surface area contributed by atoms with Crippen LogP contribution in [-0.4, -0.2) is 32.6 Å². The Bertz CT molecular complexity index is 491. The molecular weight excluding hydrogens is 274 g/mol. The highest BCUT2D eigenvalue weighted by atomic mass is 16.6. The summed E-state index contributed by atoms with van der Waals surface area (Å²) >= 11 is 0. The molecule has 0 bridgehead atoms. The van der Waals surface area contributed by atoms with Gasteiger partial charge < -0.3 is 16.2 Å². The number of rotatable bonds is 6. The lowest BCUT2D eigenvalue weighted by molar-refractivity contribution is -0.384. The molecule has 1 heterocycles. The van der Waals surface area contributed by atoms with Gasteiger partial charge in [0, 0.05) is 12.6 Å². The molecule has 1 unspecified atom stereocenters. The van der Waals surface area contributed by atoms with E-state index in [0.29, 0.717) is 12.3 Å². The van der Waals surface area contributed by atoms with Gasteiger partial charge >= 0.3 is 5.69 Å². The first-order valence-corrected chi connectivity index (χ1v) is 7.26. The highest BCUT2D eigenvalue weighted by molar-refractivity contribution is 5.53. The van der Waals surface area contributed by atoms with Crippen molar-refractivity contribution < 1.29 is 10.0 Å². The molecule has 0 spiro atoms. The third-order valence-corrected chi connectivity index (χ3v) is 3.97. The van der Waals surface area contributed by atoms with Gasteiger partial charge in [-0.25, -0.2) is 4.98 Å². The fourth-order valence-corrected chi connectivity index (χ4v) is 2.87. The standard InChI is InChI=1S/C13H21N5O3/c14-12-11(18(20)21)8-15-13(17-12)16-10(6-7-19)9-4-2-1-3-5-9/h8-10,19H,1-7H2,(H3,14,15,16,17). The summed E-state index contributed by atoms with van der Waals surface area (Å²) in [6.45, 7) is 0.0800. The summed E-state index contributed by atoms with van der Waals surface area (Å²) < 4.78 is 0. The van der Waals surface area contributed by atoms with Gasteiger partial charge in [0.1, 0.15) is 6.20 Å². The van der Waals surface area contributed by atoms with Gasteiger partial charge in [0.25, 0.3) is 0 Å². The Hall–Kier alpha value is -1.96. The van der Waals surface area contributed by atoms with Gasteiger partial charge in [-0.1, -0.05) is 19.3 Å². The molecule has 1 fully saturated rings. The van der Waals surface area contributed by atoms with E-state index in [-0.39, 0.29) is 30.1 Å². The maximum Gasteiger partial charge on any atom is 0.329 e. The zero-order valence-corrected chi connectivity index (χ0v) is 11.9. The number of nitrogen functional groups attached to an aromatic ring is 1. The lowest BCUT2D eigenvalue weighted by Gasteiger charge is -2.30. The second kappa shape index (κ2) is 7.16. The van der Waals surface area contributed by atoms with Gasteiger partial charge in [-0.2, -0.15) is 4.98 Å². The van der Waals surface area contributed by atoms with Gasteiger partial charge in [-0.05, 0) is 25.2 Å². The van der Waals surface area contributed by atoms with Crippen LogP contribution in [0.15, 0.2) is 6.20 Å². The predicted molar refractivity (Wildman–Crippen MR) is 78.8 cm³/mol. The molecule has 21 heavy (non-hydrogen) atoms. The van der Waals surface area contributed by atoms with E-state index >= 15 is 0 Å². The van der Waals surface area contributed by atoms with E-state index in [9.17, 15) is 15.2 Å².